The second-order valence-electron chi connectivity index (χ2n) is 6.27. The maximum absolute atomic E-state index is 14.2. The van der Waals surface area contributed by atoms with Crippen LogP contribution in [0.15, 0.2) is 42.6 Å². The van der Waals surface area contributed by atoms with E-state index in [9.17, 15) is 4.39 Å². The third-order valence-corrected chi connectivity index (χ3v) is 4.67. The molecule has 1 fully saturated rings. The Morgan fingerprint density at radius 2 is 2.00 bits per heavy atom. The molecule has 2 N–H and O–H groups in total. The van der Waals surface area contributed by atoms with Crippen molar-refractivity contribution in [3.63, 3.8) is 0 Å². The molecule has 1 aliphatic heterocycles. The fourth-order valence-electron chi connectivity index (χ4n) is 3.39. The van der Waals surface area contributed by atoms with Gasteiger partial charge in [0.05, 0.1) is 11.9 Å². The van der Waals surface area contributed by atoms with Gasteiger partial charge in [-0.25, -0.2) is 9.37 Å². The van der Waals surface area contributed by atoms with Crippen LogP contribution in [0.2, 0.25) is 0 Å². The minimum Gasteiger partial charge on any atom is -0.356 e. The average Bonchev–Trinajstić information content (AvgIpc) is 3.10. The largest absolute Gasteiger partial charge is 0.356 e. The first-order valence-corrected chi connectivity index (χ1v) is 8.31. The Hall–Kier alpha value is -1.89. The first kappa shape index (κ1) is 20.4. The lowest BCUT2D eigenvalue weighted by Crippen LogP contribution is -2.39. The molecule has 3 heterocycles. The van der Waals surface area contributed by atoms with Crippen molar-refractivity contribution in [1.82, 2.24) is 14.6 Å². The lowest BCUT2D eigenvalue weighted by atomic mass is 9.98. The molecule has 1 atom stereocenters. The number of anilines is 1. The van der Waals surface area contributed by atoms with Gasteiger partial charge in [0.15, 0.2) is 5.65 Å². The Morgan fingerprint density at radius 3 is 2.77 bits per heavy atom. The van der Waals surface area contributed by atoms with Gasteiger partial charge in [-0.15, -0.1) is 24.8 Å². The van der Waals surface area contributed by atoms with Crippen molar-refractivity contribution in [1.29, 1.82) is 0 Å². The van der Waals surface area contributed by atoms with E-state index in [0.29, 0.717) is 23.7 Å². The highest BCUT2D eigenvalue weighted by atomic mass is 35.5. The predicted molar refractivity (Wildman–Crippen MR) is 107 cm³/mol. The molecule has 0 saturated carbocycles. The van der Waals surface area contributed by atoms with Gasteiger partial charge >= 0.3 is 0 Å². The SMILES string of the molecule is Cl.Cl.NCC1CCCN(c2cc(-c3ccccc3F)nc3ccnn23)C1. The van der Waals surface area contributed by atoms with Crippen molar-refractivity contribution in [3.8, 4) is 11.3 Å². The normalized spacial score (nSPS) is 16.8. The van der Waals surface area contributed by atoms with E-state index in [-0.39, 0.29) is 30.6 Å². The molecule has 5 nitrogen and oxygen atoms in total. The molecular weight excluding hydrogens is 376 g/mol. The molecule has 2 aromatic heterocycles. The molecule has 0 amide bonds. The zero-order chi connectivity index (χ0) is 16.5. The summed E-state index contributed by atoms with van der Waals surface area (Å²) in [4.78, 5) is 6.85. The minimum absolute atomic E-state index is 0. The fraction of sp³-hybridized carbons (Fsp3) is 0.333. The molecule has 8 heteroatoms. The van der Waals surface area contributed by atoms with Crippen LogP contribution in [0.25, 0.3) is 16.9 Å². The highest BCUT2D eigenvalue weighted by Crippen LogP contribution is 2.28. The summed E-state index contributed by atoms with van der Waals surface area (Å²) in [6.45, 7) is 2.53. The van der Waals surface area contributed by atoms with E-state index in [0.717, 1.165) is 37.4 Å². The molecule has 1 unspecified atom stereocenters. The van der Waals surface area contributed by atoms with Gasteiger partial charge in [-0.1, -0.05) is 12.1 Å². The van der Waals surface area contributed by atoms with Gasteiger partial charge in [-0.3, -0.25) is 0 Å². The summed E-state index contributed by atoms with van der Waals surface area (Å²) in [7, 11) is 0. The molecule has 3 aromatic rings. The zero-order valence-electron chi connectivity index (χ0n) is 14.2. The molecule has 140 valence electrons. The number of aromatic nitrogens is 3. The first-order valence-electron chi connectivity index (χ1n) is 8.31. The quantitative estimate of drug-likeness (QED) is 0.733. The number of fused-ring (bicyclic) bond motifs is 1. The molecular formula is C18H22Cl2FN5. The zero-order valence-corrected chi connectivity index (χ0v) is 15.8. The average molecular weight is 398 g/mol. The lowest BCUT2D eigenvalue weighted by Gasteiger charge is -2.34. The van der Waals surface area contributed by atoms with Crippen LogP contribution in [0.5, 0.6) is 0 Å². The van der Waals surface area contributed by atoms with Crippen molar-refractivity contribution < 1.29 is 4.39 Å². The van der Waals surface area contributed by atoms with Gasteiger partial charge in [0.1, 0.15) is 11.6 Å². The van der Waals surface area contributed by atoms with Crippen LogP contribution in [0.1, 0.15) is 12.8 Å². The maximum atomic E-state index is 14.2. The van der Waals surface area contributed by atoms with Crippen molar-refractivity contribution in [2.45, 2.75) is 12.8 Å². The molecule has 1 saturated heterocycles. The highest BCUT2D eigenvalue weighted by molar-refractivity contribution is 5.85. The molecule has 4 rings (SSSR count). The summed E-state index contributed by atoms with van der Waals surface area (Å²) in [5.41, 5.74) is 7.73. The number of benzene rings is 1. The van der Waals surface area contributed by atoms with Crippen LogP contribution < -0.4 is 10.6 Å². The summed E-state index contributed by atoms with van der Waals surface area (Å²) >= 11 is 0. The molecule has 0 radical (unpaired) electrons. The van der Waals surface area contributed by atoms with Crippen LogP contribution in [0.4, 0.5) is 10.2 Å². The van der Waals surface area contributed by atoms with E-state index < -0.39 is 0 Å². The Morgan fingerprint density at radius 1 is 1.19 bits per heavy atom. The number of hydrogen-bond acceptors (Lipinski definition) is 4. The van der Waals surface area contributed by atoms with Crippen LogP contribution >= 0.6 is 24.8 Å². The Bertz CT molecular complexity index is 870. The molecule has 0 spiro atoms. The second-order valence-corrected chi connectivity index (χ2v) is 6.27. The van der Waals surface area contributed by atoms with Gasteiger partial charge in [-0.05, 0) is 37.4 Å². The number of nitrogens with two attached hydrogens (primary N) is 1. The highest BCUT2D eigenvalue weighted by Gasteiger charge is 2.22. The Kier molecular flexibility index (Phi) is 6.81. The van der Waals surface area contributed by atoms with Crippen molar-refractivity contribution in [2.75, 3.05) is 24.5 Å². The third kappa shape index (κ3) is 3.77. The topological polar surface area (TPSA) is 59.5 Å². The van der Waals surface area contributed by atoms with Crippen LogP contribution in [-0.2, 0) is 0 Å². The molecule has 1 aromatic carbocycles. The Balaban J connectivity index is 0.00000121. The van der Waals surface area contributed by atoms with Gasteiger partial charge < -0.3 is 10.6 Å². The van der Waals surface area contributed by atoms with Crippen LogP contribution in [0, 0.1) is 11.7 Å². The Labute approximate surface area is 164 Å². The smallest absolute Gasteiger partial charge is 0.157 e. The number of hydrogen-bond donors (Lipinski definition) is 1. The van der Waals surface area contributed by atoms with Crippen molar-refractivity contribution in [2.24, 2.45) is 11.7 Å². The van der Waals surface area contributed by atoms with Crippen LogP contribution in [-0.4, -0.2) is 34.2 Å². The standard InChI is InChI=1S/C18H20FN5.2ClH/c19-15-6-2-1-5-14(15)16-10-18(24-17(22-16)7-8-21-24)23-9-3-4-13(11-20)12-23;;/h1-2,5-8,10,13H,3-4,9,11-12,20H2;2*1H. The van der Waals surface area contributed by atoms with E-state index in [2.05, 4.69) is 15.0 Å². The van der Waals surface area contributed by atoms with Gasteiger partial charge in [0.2, 0.25) is 0 Å². The number of halogens is 3. The van der Waals surface area contributed by atoms with Crippen molar-refractivity contribution >= 4 is 36.3 Å². The minimum atomic E-state index is -0.265. The molecule has 0 aliphatic carbocycles. The second kappa shape index (κ2) is 8.66. The summed E-state index contributed by atoms with van der Waals surface area (Å²) in [5, 5.41) is 4.39. The third-order valence-electron chi connectivity index (χ3n) is 4.67. The molecule has 26 heavy (non-hydrogen) atoms. The van der Waals surface area contributed by atoms with Gasteiger partial charge in [0.25, 0.3) is 0 Å². The maximum Gasteiger partial charge on any atom is 0.157 e. The molecule has 1 aliphatic rings. The van der Waals surface area contributed by atoms with E-state index in [4.69, 9.17) is 5.73 Å². The monoisotopic (exact) mass is 397 g/mol. The van der Waals surface area contributed by atoms with E-state index in [1.807, 2.05) is 22.7 Å². The fourth-order valence-corrected chi connectivity index (χ4v) is 3.39. The summed E-state index contributed by atoms with van der Waals surface area (Å²) in [5.74, 6) is 1.16. The van der Waals surface area contributed by atoms with Gasteiger partial charge in [-0.2, -0.15) is 9.61 Å². The van der Waals surface area contributed by atoms with Gasteiger partial charge in [0, 0.05) is 30.8 Å². The summed E-state index contributed by atoms with van der Waals surface area (Å²) < 4.78 is 16.0. The van der Waals surface area contributed by atoms with Crippen molar-refractivity contribution in [3.05, 3.63) is 48.4 Å². The first-order chi connectivity index (χ1) is 11.8. The van der Waals surface area contributed by atoms with Crippen LogP contribution in [0.3, 0.4) is 0 Å². The van der Waals surface area contributed by atoms with E-state index in [1.165, 1.54) is 6.07 Å². The number of rotatable bonds is 3. The molecule has 0 bridgehead atoms. The predicted octanol–water partition coefficient (Wildman–Crippen LogP) is 3.55. The van der Waals surface area contributed by atoms with E-state index in [1.54, 1.807) is 18.3 Å². The summed E-state index contributed by atoms with van der Waals surface area (Å²) in [6, 6.07) is 10.5. The lowest BCUT2D eigenvalue weighted by molar-refractivity contribution is 0.420. The number of piperidine rings is 1. The summed E-state index contributed by atoms with van der Waals surface area (Å²) in [6.07, 6.45) is 3.98. The number of nitrogens with zero attached hydrogens (tertiary/aromatic N) is 4. The van der Waals surface area contributed by atoms with E-state index >= 15 is 0 Å².